The molecule has 0 bridgehead atoms. The van der Waals surface area contributed by atoms with E-state index in [-0.39, 0.29) is 5.91 Å². The molecule has 3 aromatic rings. The number of benzene rings is 1. The molecule has 2 aromatic heterocycles. The Morgan fingerprint density at radius 2 is 2.03 bits per heavy atom. The Morgan fingerprint density at radius 1 is 1.21 bits per heavy atom. The van der Waals surface area contributed by atoms with E-state index in [2.05, 4.69) is 68.8 Å². The maximum absolute atomic E-state index is 12.2. The van der Waals surface area contributed by atoms with Crippen LogP contribution in [0.25, 0.3) is 0 Å². The molecule has 1 N–H and O–H groups in total. The topological polar surface area (TPSA) is 59.8 Å². The van der Waals surface area contributed by atoms with Crippen molar-refractivity contribution in [3.63, 3.8) is 0 Å². The second-order valence-electron chi connectivity index (χ2n) is 7.06. The van der Waals surface area contributed by atoms with Crippen LogP contribution in [0.1, 0.15) is 35.1 Å². The van der Waals surface area contributed by atoms with Crippen LogP contribution < -0.4 is 5.32 Å². The molecule has 5 nitrogen and oxygen atoms in total. The zero-order valence-corrected chi connectivity index (χ0v) is 18.8. The van der Waals surface area contributed by atoms with Crippen molar-refractivity contribution in [2.45, 2.75) is 42.3 Å². The average Bonchev–Trinajstić information content (AvgIpc) is 3.27. The molecule has 0 spiro atoms. The van der Waals surface area contributed by atoms with Gasteiger partial charge in [-0.2, -0.15) is 0 Å². The fourth-order valence-electron chi connectivity index (χ4n) is 2.97. The number of nitrogens with zero attached hydrogens (tertiary/aromatic N) is 3. The summed E-state index contributed by atoms with van der Waals surface area (Å²) in [6, 6.07) is 13.2. The van der Waals surface area contributed by atoms with Gasteiger partial charge >= 0.3 is 0 Å². The van der Waals surface area contributed by atoms with Crippen LogP contribution in [0.5, 0.6) is 0 Å². The number of thioether (sulfide) groups is 2. The van der Waals surface area contributed by atoms with Crippen LogP contribution in [0.4, 0.5) is 0 Å². The maximum atomic E-state index is 12.2. The molecule has 8 heteroatoms. The van der Waals surface area contributed by atoms with E-state index >= 15 is 0 Å². The Morgan fingerprint density at radius 3 is 2.76 bits per heavy atom. The minimum Gasteiger partial charge on any atom is -0.355 e. The summed E-state index contributed by atoms with van der Waals surface area (Å²) in [6.07, 6.45) is 3.15. The molecule has 1 saturated carbocycles. The molecule has 0 radical (unpaired) electrons. The number of carbonyl (C=O) groups excluding carboxylic acids is 1. The van der Waals surface area contributed by atoms with Gasteiger partial charge in [-0.3, -0.25) is 4.79 Å². The van der Waals surface area contributed by atoms with Crippen LogP contribution in [0.15, 0.2) is 51.8 Å². The highest BCUT2D eigenvalue weighted by molar-refractivity contribution is 7.99. The molecule has 1 aromatic carbocycles. The zero-order chi connectivity index (χ0) is 20.1. The Hall–Kier alpha value is -1.77. The predicted molar refractivity (Wildman–Crippen MR) is 121 cm³/mol. The van der Waals surface area contributed by atoms with E-state index in [0.717, 1.165) is 23.2 Å². The van der Waals surface area contributed by atoms with Gasteiger partial charge in [0.25, 0.3) is 0 Å². The molecule has 2 heterocycles. The number of nitrogens with one attached hydrogen (secondary N) is 1. The monoisotopic (exact) mass is 444 g/mol. The van der Waals surface area contributed by atoms with Gasteiger partial charge in [-0.1, -0.05) is 35.5 Å². The molecule has 1 aliphatic carbocycles. The molecule has 1 fully saturated rings. The quantitative estimate of drug-likeness (QED) is 0.367. The summed E-state index contributed by atoms with van der Waals surface area (Å²) in [6.45, 7) is 2.75. The van der Waals surface area contributed by atoms with Crippen molar-refractivity contribution in [3.05, 3.63) is 58.0 Å². The van der Waals surface area contributed by atoms with E-state index in [1.54, 1.807) is 23.1 Å². The van der Waals surface area contributed by atoms with Crippen molar-refractivity contribution >= 4 is 40.8 Å². The first kappa shape index (κ1) is 20.5. The minimum atomic E-state index is 0.0460. The first-order valence-corrected chi connectivity index (χ1v) is 12.6. The number of hydrogen-bond acceptors (Lipinski definition) is 6. The summed E-state index contributed by atoms with van der Waals surface area (Å²) in [5, 5.41) is 14.7. The second kappa shape index (κ2) is 9.82. The summed E-state index contributed by atoms with van der Waals surface area (Å²) >= 11 is 4.99. The highest BCUT2D eigenvalue weighted by Crippen LogP contribution is 2.39. The average molecular weight is 445 g/mol. The minimum absolute atomic E-state index is 0.0460. The molecular formula is C21H24N4OS3. The lowest BCUT2D eigenvalue weighted by Crippen LogP contribution is -2.27. The highest BCUT2D eigenvalue weighted by Gasteiger charge is 2.29. The number of thiophene rings is 1. The lowest BCUT2D eigenvalue weighted by atomic mass is 10.2. The molecule has 0 unspecified atom stereocenters. The van der Waals surface area contributed by atoms with Gasteiger partial charge in [0.05, 0.1) is 5.75 Å². The summed E-state index contributed by atoms with van der Waals surface area (Å²) in [7, 11) is 0. The number of hydrogen-bond donors (Lipinski definition) is 1. The number of rotatable bonds is 10. The third kappa shape index (κ3) is 5.87. The summed E-state index contributed by atoms with van der Waals surface area (Å²) in [4.78, 5) is 14.8. The summed E-state index contributed by atoms with van der Waals surface area (Å²) in [5.41, 5.74) is 1.26. The van der Waals surface area contributed by atoms with E-state index in [4.69, 9.17) is 0 Å². The number of carbonyl (C=O) groups is 1. The third-order valence-electron chi connectivity index (χ3n) is 4.61. The van der Waals surface area contributed by atoms with Crippen LogP contribution in [-0.2, 0) is 11.2 Å². The number of aryl methyl sites for hydroxylation is 1. The first-order valence-electron chi connectivity index (χ1n) is 9.74. The smallest absolute Gasteiger partial charge is 0.230 e. The van der Waals surface area contributed by atoms with E-state index in [1.165, 1.54) is 39.9 Å². The lowest BCUT2D eigenvalue weighted by Gasteiger charge is -2.08. The number of amides is 1. The molecule has 1 aliphatic rings. The van der Waals surface area contributed by atoms with Crippen LogP contribution in [0.3, 0.4) is 0 Å². The largest absolute Gasteiger partial charge is 0.355 e. The lowest BCUT2D eigenvalue weighted by molar-refractivity contribution is -0.118. The zero-order valence-electron chi connectivity index (χ0n) is 16.3. The van der Waals surface area contributed by atoms with Crippen molar-refractivity contribution in [2.75, 3.05) is 18.1 Å². The molecule has 0 aliphatic heterocycles. The highest BCUT2D eigenvalue weighted by atomic mass is 32.2. The Bertz CT molecular complexity index is 934. The summed E-state index contributed by atoms with van der Waals surface area (Å²) < 4.78 is 2.24. The molecule has 29 heavy (non-hydrogen) atoms. The standard InChI is InChI=1S/C21H24N4OS3/c1-15-4-8-17(9-5-15)28-12-10-22-20(26)14-29-21-24-23-19(25(21)16-6-7-16)13-18-3-2-11-27-18/h2-5,8-9,11,16H,6-7,10,12-14H2,1H3,(H,22,26). The van der Waals surface area contributed by atoms with Crippen LogP contribution in [-0.4, -0.2) is 38.7 Å². The van der Waals surface area contributed by atoms with Crippen LogP contribution in [0.2, 0.25) is 0 Å². The molecule has 1 amide bonds. The molecule has 4 rings (SSSR count). The van der Waals surface area contributed by atoms with Gasteiger partial charge in [-0.25, -0.2) is 0 Å². The molecule has 0 saturated heterocycles. The van der Waals surface area contributed by atoms with E-state index < -0.39 is 0 Å². The van der Waals surface area contributed by atoms with Gasteiger partial charge < -0.3 is 9.88 Å². The third-order valence-corrected chi connectivity index (χ3v) is 7.44. The van der Waals surface area contributed by atoms with Gasteiger partial charge in [-0.05, 0) is 43.3 Å². The molecule has 152 valence electrons. The Balaban J connectivity index is 1.24. The van der Waals surface area contributed by atoms with Gasteiger partial charge in [-0.15, -0.1) is 33.3 Å². The van der Waals surface area contributed by atoms with Crippen LogP contribution in [0, 0.1) is 6.92 Å². The Labute approximate surface area is 183 Å². The SMILES string of the molecule is Cc1ccc(SCCNC(=O)CSc2nnc(Cc3cccs3)n2C2CC2)cc1. The van der Waals surface area contributed by atoms with Crippen molar-refractivity contribution in [2.24, 2.45) is 0 Å². The van der Waals surface area contributed by atoms with Crippen LogP contribution >= 0.6 is 34.9 Å². The maximum Gasteiger partial charge on any atom is 0.230 e. The van der Waals surface area contributed by atoms with Gasteiger partial charge in [0.1, 0.15) is 5.82 Å². The van der Waals surface area contributed by atoms with Crippen molar-refractivity contribution in [3.8, 4) is 0 Å². The second-order valence-corrected chi connectivity index (χ2v) is 10.2. The van der Waals surface area contributed by atoms with Gasteiger partial charge in [0.15, 0.2) is 5.16 Å². The number of aromatic nitrogens is 3. The fraction of sp³-hybridized carbons (Fsp3) is 0.381. The predicted octanol–water partition coefficient (Wildman–Crippen LogP) is 4.57. The van der Waals surface area contributed by atoms with Gasteiger partial charge in [0, 0.05) is 34.5 Å². The van der Waals surface area contributed by atoms with Crippen molar-refractivity contribution in [1.29, 1.82) is 0 Å². The molecule has 0 atom stereocenters. The van der Waals surface area contributed by atoms with E-state index in [9.17, 15) is 4.79 Å². The first-order chi connectivity index (χ1) is 14.2. The van der Waals surface area contributed by atoms with E-state index in [1.807, 2.05) is 0 Å². The van der Waals surface area contributed by atoms with E-state index in [0.29, 0.717) is 18.3 Å². The Kier molecular flexibility index (Phi) is 6.94. The van der Waals surface area contributed by atoms with Crippen molar-refractivity contribution in [1.82, 2.24) is 20.1 Å². The van der Waals surface area contributed by atoms with Gasteiger partial charge in [0.2, 0.25) is 5.91 Å². The molecular weight excluding hydrogens is 420 g/mol. The fourth-order valence-corrected chi connectivity index (χ4v) is 5.29. The summed E-state index contributed by atoms with van der Waals surface area (Å²) in [5.74, 6) is 2.29. The van der Waals surface area contributed by atoms with Crippen molar-refractivity contribution < 1.29 is 4.79 Å². The normalized spacial score (nSPS) is 13.6.